The summed E-state index contributed by atoms with van der Waals surface area (Å²) >= 11 is 0. The Hall–Kier alpha value is -4.48. The molecule has 1 atom stereocenters. The molecule has 0 radical (unpaired) electrons. The van der Waals surface area contributed by atoms with Crippen molar-refractivity contribution in [2.24, 2.45) is 5.92 Å². The summed E-state index contributed by atoms with van der Waals surface area (Å²) in [6.45, 7) is 5.79. The third-order valence-corrected chi connectivity index (χ3v) is 8.08. The minimum absolute atomic E-state index is 0.121. The van der Waals surface area contributed by atoms with Crippen LogP contribution in [0.15, 0.2) is 45.6 Å². The van der Waals surface area contributed by atoms with Gasteiger partial charge in [-0.05, 0) is 55.0 Å². The number of carbonyl (C=O) groups is 4. The summed E-state index contributed by atoms with van der Waals surface area (Å²) in [4.78, 5) is 71.5. The summed E-state index contributed by atoms with van der Waals surface area (Å²) in [6.07, 6.45) is 0.951. The molecule has 12 heteroatoms. The van der Waals surface area contributed by atoms with Gasteiger partial charge >= 0.3 is 11.8 Å². The van der Waals surface area contributed by atoms with E-state index in [1.807, 2.05) is 6.92 Å². The molecule has 0 saturated carbocycles. The molecule has 3 heterocycles. The molecule has 0 bridgehead atoms. The maximum absolute atomic E-state index is 14.4. The lowest BCUT2D eigenvalue weighted by Crippen LogP contribution is -2.60. The van der Waals surface area contributed by atoms with Gasteiger partial charge in [0.15, 0.2) is 5.58 Å². The molecule has 1 aromatic heterocycles. The monoisotopic (exact) mass is 565 g/mol. The van der Waals surface area contributed by atoms with Crippen molar-refractivity contribution >= 4 is 40.5 Å². The normalized spacial score (nSPS) is 17.7. The molecule has 2 aliphatic heterocycles. The van der Waals surface area contributed by atoms with Crippen LogP contribution < -0.4 is 16.0 Å². The van der Waals surface area contributed by atoms with E-state index in [9.17, 15) is 28.4 Å². The number of piperidine rings is 1. The predicted molar refractivity (Wildman–Crippen MR) is 148 cm³/mol. The number of urea groups is 1. The van der Waals surface area contributed by atoms with E-state index in [2.05, 4.69) is 10.3 Å². The minimum atomic E-state index is -1.23. The summed E-state index contributed by atoms with van der Waals surface area (Å²) in [5, 5.41) is 2.71. The van der Waals surface area contributed by atoms with E-state index in [-0.39, 0.29) is 54.8 Å². The first kappa shape index (κ1) is 28.1. The highest BCUT2D eigenvalue weighted by atomic mass is 19.1. The number of aromatic nitrogens is 1. The molecule has 41 heavy (non-hydrogen) atoms. The van der Waals surface area contributed by atoms with E-state index in [0.29, 0.717) is 17.6 Å². The molecule has 5 amide bonds. The Balaban J connectivity index is 1.36. The number of hydrogen-bond donors (Lipinski definition) is 2. The van der Waals surface area contributed by atoms with Crippen molar-refractivity contribution in [2.45, 2.75) is 51.6 Å². The number of imide groups is 1. The average molecular weight is 566 g/mol. The van der Waals surface area contributed by atoms with Gasteiger partial charge in [0, 0.05) is 26.2 Å². The zero-order valence-corrected chi connectivity index (χ0v) is 23.3. The van der Waals surface area contributed by atoms with Gasteiger partial charge in [0.1, 0.15) is 17.4 Å². The number of aromatic amines is 1. The molecule has 5 rings (SSSR count). The number of benzene rings is 2. The van der Waals surface area contributed by atoms with Crippen LogP contribution >= 0.6 is 0 Å². The van der Waals surface area contributed by atoms with Crippen molar-refractivity contribution in [2.75, 3.05) is 25.0 Å². The van der Waals surface area contributed by atoms with Gasteiger partial charge in [0.05, 0.1) is 16.8 Å². The Kier molecular flexibility index (Phi) is 7.18. The molecular weight excluding hydrogens is 533 g/mol. The van der Waals surface area contributed by atoms with Crippen molar-refractivity contribution in [3.05, 3.63) is 63.9 Å². The van der Waals surface area contributed by atoms with Crippen LogP contribution in [0.2, 0.25) is 0 Å². The Bertz CT molecular complexity index is 1600. The maximum atomic E-state index is 14.4. The zero-order valence-electron chi connectivity index (χ0n) is 23.3. The Morgan fingerprint density at radius 2 is 1.80 bits per heavy atom. The first-order valence-corrected chi connectivity index (χ1v) is 13.6. The lowest BCUT2D eigenvalue weighted by Gasteiger charge is -2.43. The first-order valence-electron chi connectivity index (χ1n) is 13.6. The van der Waals surface area contributed by atoms with E-state index < -0.39 is 35.1 Å². The van der Waals surface area contributed by atoms with Crippen LogP contribution in [0.3, 0.4) is 0 Å². The second-order valence-corrected chi connectivity index (χ2v) is 10.9. The van der Waals surface area contributed by atoms with Gasteiger partial charge in [-0.3, -0.25) is 29.2 Å². The number of likely N-dealkylation sites (N-methyl/N-ethyl adjacent to an activating group) is 1. The SMILES string of the molecule is CCc1ccc(F)c(C(=O)NC(C(=O)N2CCC3(CC2)C(=O)N(C)C(=O)N3c2ccc3[nH]c(=O)oc3c2)C(C)C)c1. The molecule has 2 N–H and O–H groups in total. The summed E-state index contributed by atoms with van der Waals surface area (Å²) in [5.74, 6) is -2.99. The molecule has 2 fully saturated rings. The highest BCUT2D eigenvalue weighted by molar-refractivity contribution is 6.17. The first-order chi connectivity index (χ1) is 19.5. The lowest BCUT2D eigenvalue weighted by atomic mass is 9.85. The van der Waals surface area contributed by atoms with Crippen LogP contribution in [-0.4, -0.2) is 70.3 Å². The number of nitrogens with zero attached hydrogens (tertiary/aromatic N) is 3. The average Bonchev–Trinajstić information content (AvgIpc) is 3.41. The smallest absolute Gasteiger partial charge is 0.408 e. The van der Waals surface area contributed by atoms with E-state index in [0.717, 1.165) is 10.5 Å². The molecular formula is C29H32FN5O6. The topological polar surface area (TPSA) is 136 Å². The second-order valence-electron chi connectivity index (χ2n) is 10.9. The van der Waals surface area contributed by atoms with Crippen molar-refractivity contribution in [3.8, 4) is 0 Å². The van der Waals surface area contributed by atoms with Crippen LogP contribution in [0.1, 0.15) is 49.5 Å². The van der Waals surface area contributed by atoms with Gasteiger partial charge in [-0.25, -0.2) is 14.0 Å². The fourth-order valence-electron chi connectivity index (χ4n) is 5.69. The van der Waals surface area contributed by atoms with Crippen molar-refractivity contribution in [1.82, 2.24) is 20.1 Å². The molecule has 2 aromatic carbocycles. The number of halogens is 1. The van der Waals surface area contributed by atoms with Crippen molar-refractivity contribution in [1.29, 1.82) is 0 Å². The number of nitrogens with one attached hydrogen (secondary N) is 2. The third-order valence-electron chi connectivity index (χ3n) is 8.08. The van der Waals surface area contributed by atoms with E-state index in [1.165, 1.54) is 30.1 Å². The van der Waals surface area contributed by atoms with Crippen LogP contribution in [0, 0.1) is 11.7 Å². The summed E-state index contributed by atoms with van der Waals surface area (Å²) in [7, 11) is 1.41. The van der Waals surface area contributed by atoms with Gasteiger partial charge in [-0.2, -0.15) is 0 Å². The highest BCUT2D eigenvalue weighted by Gasteiger charge is 2.58. The van der Waals surface area contributed by atoms with Gasteiger partial charge in [-0.1, -0.05) is 26.8 Å². The largest absolute Gasteiger partial charge is 0.417 e. The maximum Gasteiger partial charge on any atom is 0.417 e. The molecule has 11 nitrogen and oxygen atoms in total. The standard InChI is InChI=1S/C29H32FN5O6/c1-5-17-6-8-20(30)19(14-17)24(36)32-23(16(2)3)25(37)34-12-10-29(11-13-34)26(38)33(4)28(40)35(29)18-7-9-21-22(15-18)41-27(39)31-21/h6-9,14-16,23H,5,10-13H2,1-4H3,(H,31,39)(H,32,36). The fraction of sp³-hybridized carbons (Fsp3) is 0.414. The molecule has 2 aliphatic rings. The molecule has 3 aromatic rings. The molecule has 1 unspecified atom stereocenters. The van der Waals surface area contributed by atoms with Gasteiger partial charge in [0.25, 0.3) is 11.8 Å². The van der Waals surface area contributed by atoms with Crippen molar-refractivity contribution < 1.29 is 28.0 Å². The molecule has 1 spiro atoms. The minimum Gasteiger partial charge on any atom is -0.408 e. The number of oxazole rings is 1. The summed E-state index contributed by atoms with van der Waals surface area (Å²) < 4.78 is 19.6. The predicted octanol–water partition coefficient (Wildman–Crippen LogP) is 3.04. The number of rotatable bonds is 6. The quantitative estimate of drug-likeness (QED) is 0.441. The van der Waals surface area contributed by atoms with E-state index >= 15 is 0 Å². The third kappa shape index (κ3) is 4.76. The Morgan fingerprint density at radius 3 is 2.46 bits per heavy atom. The van der Waals surface area contributed by atoms with E-state index in [4.69, 9.17) is 4.42 Å². The van der Waals surface area contributed by atoms with Crippen LogP contribution in [0.5, 0.6) is 0 Å². The van der Waals surface area contributed by atoms with Gasteiger partial charge in [0.2, 0.25) is 5.91 Å². The van der Waals surface area contributed by atoms with Crippen LogP contribution in [-0.2, 0) is 16.0 Å². The summed E-state index contributed by atoms with van der Waals surface area (Å²) in [6, 6.07) is 7.68. The number of amides is 5. The Morgan fingerprint density at radius 1 is 1.10 bits per heavy atom. The highest BCUT2D eigenvalue weighted by Crippen LogP contribution is 2.41. The van der Waals surface area contributed by atoms with Crippen molar-refractivity contribution in [3.63, 3.8) is 0 Å². The number of H-pyrrole nitrogens is 1. The van der Waals surface area contributed by atoms with Crippen LogP contribution in [0.25, 0.3) is 11.1 Å². The molecule has 216 valence electrons. The Labute approximate surface area is 235 Å². The zero-order chi connectivity index (χ0) is 29.6. The van der Waals surface area contributed by atoms with Gasteiger partial charge in [-0.15, -0.1) is 0 Å². The van der Waals surface area contributed by atoms with Gasteiger partial charge < -0.3 is 14.6 Å². The molecule has 2 saturated heterocycles. The number of aryl methyl sites for hydroxylation is 1. The number of hydrogen-bond acceptors (Lipinski definition) is 6. The summed E-state index contributed by atoms with van der Waals surface area (Å²) in [5.41, 5.74) is 0.556. The number of likely N-dealkylation sites (tertiary alicyclic amines) is 1. The number of fused-ring (bicyclic) bond motifs is 1. The number of anilines is 1. The number of carbonyl (C=O) groups excluding carboxylic acids is 4. The van der Waals surface area contributed by atoms with Crippen LogP contribution in [0.4, 0.5) is 14.9 Å². The molecule has 0 aliphatic carbocycles. The van der Waals surface area contributed by atoms with E-state index in [1.54, 1.807) is 36.9 Å². The lowest BCUT2D eigenvalue weighted by molar-refractivity contribution is -0.139. The fourth-order valence-corrected chi connectivity index (χ4v) is 5.69. The second kappa shape index (κ2) is 10.5.